The quantitative estimate of drug-likeness (QED) is 0.0780. The third-order valence-electron chi connectivity index (χ3n) is 8.90. The first kappa shape index (κ1) is 51.0. The molecule has 0 aliphatic rings. The number of esters is 2. The summed E-state index contributed by atoms with van der Waals surface area (Å²) < 4.78 is 39.1. The van der Waals surface area contributed by atoms with Gasteiger partial charge in [-0.05, 0) is 87.2 Å². The van der Waals surface area contributed by atoms with E-state index >= 15 is 0 Å². The average molecular weight is 827 g/mol. The zero-order valence-electron chi connectivity index (χ0n) is 39.5. The van der Waals surface area contributed by atoms with E-state index in [1.807, 2.05) is 107 Å². The first-order chi connectivity index (χ1) is 26.7. The van der Waals surface area contributed by atoms with Crippen LogP contribution in [0.3, 0.4) is 0 Å². The Kier molecular flexibility index (Phi) is 17.3. The second kappa shape index (κ2) is 20.0. The zero-order chi connectivity index (χ0) is 45.4. The van der Waals surface area contributed by atoms with Gasteiger partial charge in [-0.2, -0.15) is 0 Å². The Morgan fingerprint density at radius 2 is 0.695 bits per heavy atom. The molecular formula is C48H74O11. The SMILES string of the molecule is CC(C)(C)OC(=O)Oc1c(C(C)(C)C)cc(CCC(=O)OCCOCCOC(=O)CCc2cc(C(C)(C)C)c(OC(=O)OC(C)(C)C)c(C(C)(C)C)c2)cc1C(C)(C)C. The van der Waals surface area contributed by atoms with Crippen LogP contribution in [0.2, 0.25) is 0 Å². The molecule has 2 rings (SSSR count). The lowest BCUT2D eigenvalue weighted by Crippen LogP contribution is -2.28. The summed E-state index contributed by atoms with van der Waals surface area (Å²) in [4.78, 5) is 50.9. The fourth-order valence-electron chi connectivity index (χ4n) is 5.99. The number of hydrogen-bond donors (Lipinski definition) is 0. The minimum Gasteiger partial charge on any atom is -0.463 e. The molecule has 11 heteroatoms. The van der Waals surface area contributed by atoms with Crippen LogP contribution in [0.15, 0.2) is 24.3 Å². The third kappa shape index (κ3) is 18.0. The van der Waals surface area contributed by atoms with Gasteiger partial charge in [-0.15, -0.1) is 0 Å². The van der Waals surface area contributed by atoms with Crippen molar-refractivity contribution in [2.24, 2.45) is 0 Å². The second-order valence-corrected chi connectivity index (χ2v) is 21.2. The number of ether oxygens (including phenoxy) is 7. The van der Waals surface area contributed by atoms with Crippen LogP contribution >= 0.6 is 0 Å². The summed E-state index contributed by atoms with van der Waals surface area (Å²) in [7, 11) is 0. The molecule has 0 atom stereocenters. The summed E-state index contributed by atoms with van der Waals surface area (Å²) in [5.74, 6) is 0.238. The molecule has 0 aliphatic heterocycles. The monoisotopic (exact) mass is 827 g/mol. The molecule has 0 aliphatic carbocycles. The Bertz CT molecular complexity index is 1560. The van der Waals surface area contributed by atoms with Crippen molar-refractivity contribution in [2.45, 2.75) is 183 Å². The van der Waals surface area contributed by atoms with E-state index in [9.17, 15) is 19.2 Å². The van der Waals surface area contributed by atoms with Crippen molar-refractivity contribution in [1.29, 1.82) is 0 Å². The number of benzene rings is 2. The standard InChI is InChI=1S/C48H74O11/c1-43(2,3)33-27-31(28-34(44(4,5)6)39(33)56-41(51)58-47(13,14)15)19-21-37(49)54-25-23-53-24-26-55-38(50)22-20-32-29-35(45(7,8)9)40(36(30-32)46(10,11)12)57-42(52)59-48(16,17)18/h27-30H,19-26H2,1-18H3. The van der Waals surface area contributed by atoms with Crippen LogP contribution in [-0.4, -0.2) is 61.9 Å². The van der Waals surface area contributed by atoms with Crippen molar-refractivity contribution < 1.29 is 52.3 Å². The Morgan fingerprint density at radius 3 is 0.932 bits per heavy atom. The molecule has 0 saturated heterocycles. The highest BCUT2D eigenvalue weighted by Gasteiger charge is 2.32. The van der Waals surface area contributed by atoms with Gasteiger partial charge in [-0.25, -0.2) is 9.59 Å². The number of aryl methyl sites for hydroxylation is 2. The lowest BCUT2D eigenvalue weighted by Gasteiger charge is -2.30. The average Bonchev–Trinajstić information content (AvgIpc) is 3.02. The Labute approximate surface area is 354 Å². The van der Waals surface area contributed by atoms with Crippen molar-refractivity contribution in [2.75, 3.05) is 26.4 Å². The lowest BCUT2D eigenvalue weighted by atomic mass is 9.78. The van der Waals surface area contributed by atoms with E-state index in [-0.39, 0.29) is 72.9 Å². The number of hydrogen-bond acceptors (Lipinski definition) is 11. The molecule has 0 fully saturated rings. The van der Waals surface area contributed by atoms with Gasteiger partial charge in [0, 0.05) is 35.1 Å². The molecule has 2 aromatic rings. The molecule has 332 valence electrons. The molecule has 0 heterocycles. The van der Waals surface area contributed by atoms with Crippen LogP contribution in [-0.2, 0) is 67.8 Å². The Balaban J connectivity index is 1.93. The van der Waals surface area contributed by atoms with E-state index in [2.05, 4.69) is 0 Å². The van der Waals surface area contributed by atoms with E-state index in [0.29, 0.717) is 24.3 Å². The Hall–Kier alpha value is -4.12. The second-order valence-electron chi connectivity index (χ2n) is 21.2. The highest BCUT2D eigenvalue weighted by Crippen LogP contribution is 2.43. The van der Waals surface area contributed by atoms with E-state index in [1.54, 1.807) is 41.5 Å². The van der Waals surface area contributed by atoms with Gasteiger partial charge < -0.3 is 33.2 Å². The van der Waals surface area contributed by atoms with Gasteiger partial charge in [0.15, 0.2) is 0 Å². The first-order valence-corrected chi connectivity index (χ1v) is 20.7. The largest absolute Gasteiger partial charge is 0.514 e. The normalized spacial score (nSPS) is 12.8. The van der Waals surface area contributed by atoms with Crippen molar-refractivity contribution in [3.8, 4) is 11.5 Å². The highest BCUT2D eigenvalue weighted by atomic mass is 16.7. The van der Waals surface area contributed by atoms with Crippen molar-refractivity contribution in [3.05, 3.63) is 57.6 Å². The van der Waals surface area contributed by atoms with Gasteiger partial charge >= 0.3 is 24.2 Å². The van der Waals surface area contributed by atoms with Gasteiger partial charge in [0.25, 0.3) is 0 Å². The summed E-state index contributed by atoms with van der Waals surface area (Å²) >= 11 is 0. The molecule has 0 unspecified atom stereocenters. The minimum absolute atomic E-state index is 0.0653. The minimum atomic E-state index is -0.761. The van der Waals surface area contributed by atoms with Crippen LogP contribution in [0.4, 0.5) is 9.59 Å². The lowest BCUT2D eigenvalue weighted by molar-refractivity contribution is -0.146. The molecule has 0 amide bonds. The molecular weight excluding hydrogens is 753 g/mol. The van der Waals surface area contributed by atoms with E-state index < -0.39 is 23.5 Å². The van der Waals surface area contributed by atoms with Crippen LogP contribution in [0, 0.1) is 0 Å². The predicted molar refractivity (Wildman–Crippen MR) is 231 cm³/mol. The zero-order valence-corrected chi connectivity index (χ0v) is 39.5. The van der Waals surface area contributed by atoms with Crippen LogP contribution in [0.25, 0.3) is 0 Å². The van der Waals surface area contributed by atoms with Gasteiger partial charge in [-0.3, -0.25) is 9.59 Å². The summed E-state index contributed by atoms with van der Waals surface area (Å²) in [5, 5.41) is 0. The molecule has 0 spiro atoms. The Morgan fingerprint density at radius 1 is 0.424 bits per heavy atom. The summed E-state index contributed by atoms with van der Waals surface area (Å²) in [5.41, 5.74) is 2.40. The first-order valence-electron chi connectivity index (χ1n) is 20.7. The highest BCUT2D eigenvalue weighted by molar-refractivity contribution is 5.71. The molecule has 0 N–H and O–H groups in total. The van der Waals surface area contributed by atoms with Crippen molar-refractivity contribution >= 4 is 24.2 Å². The number of carbonyl (C=O) groups excluding carboxylic acids is 4. The third-order valence-corrected chi connectivity index (χ3v) is 8.90. The summed E-state index contributed by atoms with van der Waals surface area (Å²) in [6, 6.07) is 7.94. The topological polar surface area (TPSA) is 133 Å². The molecule has 2 aromatic carbocycles. The maximum atomic E-state index is 12.8. The van der Waals surface area contributed by atoms with Crippen LogP contribution < -0.4 is 9.47 Å². The van der Waals surface area contributed by atoms with E-state index in [1.165, 1.54) is 0 Å². The summed E-state index contributed by atoms with van der Waals surface area (Å²) in [6.07, 6.45) is -0.331. The molecule has 59 heavy (non-hydrogen) atoms. The molecule has 0 bridgehead atoms. The fourth-order valence-corrected chi connectivity index (χ4v) is 5.99. The summed E-state index contributed by atoms with van der Waals surface area (Å²) in [6.45, 7) is 35.8. The van der Waals surface area contributed by atoms with Gasteiger partial charge in [0.1, 0.15) is 35.9 Å². The molecule has 11 nitrogen and oxygen atoms in total. The predicted octanol–water partition coefficient (Wildman–Crippen LogP) is 11.2. The van der Waals surface area contributed by atoms with Gasteiger partial charge in [-0.1, -0.05) is 107 Å². The number of carbonyl (C=O) groups is 4. The maximum Gasteiger partial charge on any atom is 0.514 e. The smallest absolute Gasteiger partial charge is 0.463 e. The molecule has 0 radical (unpaired) electrons. The molecule has 0 aromatic heterocycles. The number of rotatable bonds is 14. The van der Waals surface area contributed by atoms with Crippen molar-refractivity contribution in [1.82, 2.24) is 0 Å². The maximum absolute atomic E-state index is 12.8. The van der Waals surface area contributed by atoms with Crippen molar-refractivity contribution in [3.63, 3.8) is 0 Å². The van der Waals surface area contributed by atoms with Crippen LogP contribution in [0.1, 0.15) is 171 Å². The molecule has 0 saturated carbocycles. The van der Waals surface area contributed by atoms with E-state index in [4.69, 9.17) is 33.2 Å². The van der Waals surface area contributed by atoms with E-state index in [0.717, 1.165) is 33.4 Å². The van der Waals surface area contributed by atoms with Crippen LogP contribution in [0.5, 0.6) is 11.5 Å². The van der Waals surface area contributed by atoms with Gasteiger partial charge in [0.2, 0.25) is 0 Å². The van der Waals surface area contributed by atoms with Gasteiger partial charge in [0.05, 0.1) is 13.2 Å². The fraction of sp³-hybridized carbons (Fsp3) is 0.667.